The van der Waals surface area contributed by atoms with Gasteiger partial charge in [0.2, 0.25) is 5.91 Å². The molecule has 6 nitrogen and oxygen atoms in total. The molecule has 3 rings (SSSR count). The Balaban J connectivity index is 2.09. The minimum Gasteiger partial charge on any atom is -0.507 e. The maximum Gasteiger partial charge on any atom is 0.221 e. The molecule has 3 aromatic rings. The number of carbonyl (C=O) groups is 1. The second-order valence-corrected chi connectivity index (χ2v) is 6.73. The number of aromatic nitrogens is 3. The largest absolute Gasteiger partial charge is 0.507 e. The Bertz CT molecular complexity index is 1000. The Morgan fingerprint density at radius 2 is 1.92 bits per heavy atom. The molecule has 0 radical (unpaired) electrons. The number of nitrogens with zero attached hydrogens (tertiary/aromatic N) is 2. The number of H-pyrrole nitrogens is 1. The van der Waals surface area contributed by atoms with Gasteiger partial charge in [-0.15, -0.1) is 0 Å². The summed E-state index contributed by atoms with van der Waals surface area (Å²) in [5.74, 6) is 0.859. The van der Waals surface area contributed by atoms with Crippen molar-refractivity contribution in [3.63, 3.8) is 0 Å². The molecule has 7 heteroatoms. The lowest BCUT2D eigenvalue weighted by Gasteiger charge is -2.12. The highest BCUT2D eigenvalue weighted by Gasteiger charge is 2.16. The molecule has 0 fully saturated rings. The van der Waals surface area contributed by atoms with Crippen molar-refractivity contribution >= 4 is 23.8 Å². The van der Waals surface area contributed by atoms with E-state index in [1.165, 1.54) is 6.92 Å². The first kappa shape index (κ1) is 17.9. The third kappa shape index (κ3) is 3.52. The van der Waals surface area contributed by atoms with Crippen LogP contribution in [-0.2, 0) is 4.79 Å². The van der Waals surface area contributed by atoms with Crippen LogP contribution in [0.15, 0.2) is 42.5 Å². The number of benzene rings is 2. The van der Waals surface area contributed by atoms with E-state index in [-0.39, 0.29) is 11.7 Å². The normalized spacial score (nSPS) is 10.9. The molecule has 0 saturated carbocycles. The van der Waals surface area contributed by atoms with Crippen molar-refractivity contribution in [2.24, 2.45) is 0 Å². The summed E-state index contributed by atoms with van der Waals surface area (Å²) in [6.07, 6.45) is 0. The molecule has 3 N–H and O–H groups in total. The van der Waals surface area contributed by atoms with Crippen molar-refractivity contribution < 1.29 is 9.90 Å². The zero-order valence-electron chi connectivity index (χ0n) is 14.8. The second-order valence-electron chi connectivity index (χ2n) is 6.35. The third-order valence-electron chi connectivity index (χ3n) is 4.05. The predicted octanol–water partition coefficient (Wildman–Crippen LogP) is 4.38. The number of nitrogens with one attached hydrogen (secondary N) is 2. The number of hydrogen-bond acceptors (Lipinski definition) is 4. The first-order valence-corrected chi connectivity index (χ1v) is 8.66. The number of phenolic OH excluding ortho intramolecular Hbond substituents is 1. The molecule has 0 aliphatic rings. The highest BCUT2D eigenvalue weighted by atomic mass is 32.1. The van der Waals surface area contributed by atoms with Crippen molar-refractivity contribution in [3.05, 3.63) is 52.8 Å². The van der Waals surface area contributed by atoms with Gasteiger partial charge in [-0.25, -0.2) is 0 Å². The van der Waals surface area contributed by atoms with Crippen LogP contribution in [0.2, 0.25) is 0 Å². The van der Waals surface area contributed by atoms with Gasteiger partial charge in [-0.2, -0.15) is 5.10 Å². The highest BCUT2D eigenvalue weighted by molar-refractivity contribution is 7.71. The summed E-state index contributed by atoms with van der Waals surface area (Å²) in [5, 5.41) is 20.2. The molecule has 0 aliphatic carbocycles. The molecule has 0 aliphatic heterocycles. The zero-order chi connectivity index (χ0) is 18.8. The minimum atomic E-state index is -0.131. The van der Waals surface area contributed by atoms with E-state index in [0.29, 0.717) is 27.8 Å². The van der Waals surface area contributed by atoms with Crippen molar-refractivity contribution in [1.29, 1.82) is 0 Å². The smallest absolute Gasteiger partial charge is 0.221 e. The van der Waals surface area contributed by atoms with Gasteiger partial charge in [0.15, 0.2) is 10.6 Å². The lowest BCUT2D eigenvalue weighted by atomic mass is 10.00. The van der Waals surface area contributed by atoms with Gasteiger partial charge < -0.3 is 10.4 Å². The summed E-state index contributed by atoms with van der Waals surface area (Å²) in [7, 11) is 0. The summed E-state index contributed by atoms with van der Waals surface area (Å²) in [5.41, 5.74) is 3.18. The van der Waals surface area contributed by atoms with Gasteiger partial charge in [0, 0.05) is 12.6 Å². The monoisotopic (exact) mass is 368 g/mol. The molecule has 1 heterocycles. The van der Waals surface area contributed by atoms with Gasteiger partial charge >= 0.3 is 0 Å². The topological polar surface area (TPSA) is 82.9 Å². The lowest BCUT2D eigenvalue weighted by Crippen LogP contribution is -2.06. The van der Waals surface area contributed by atoms with Gasteiger partial charge in [0.25, 0.3) is 0 Å². The Kier molecular flexibility index (Phi) is 4.90. The number of rotatable bonds is 4. The summed E-state index contributed by atoms with van der Waals surface area (Å²) in [6.45, 7) is 5.64. The SMILES string of the molecule is CC(=O)Nc1ccc(-n2c(-c3cc(C(C)C)ccc3O)n[nH]c2=S)cc1. The quantitative estimate of drug-likeness (QED) is 0.597. The van der Waals surface area contributed by atoms with Crippen LogP contribution in [0.25, 0.3) is 17.1 Å². The van der Waals surface area contributed by atoms with E-state index in [4.69, 9.17) is 12.2 Å². The summed E-state index contributed by atoms with van der Waals surface area (Å²) in [4.78, 5) is 11.2. The fourth-order valence-electron chi connectivity index (χ4n) is 2.71. The standard InChI is InChI=1S/C19H20N4O2S/c1-11(2)13-4-9-17(25)16(10-13)18-21-22-19(26)23(18)15-7-5-14(6-8-15)20-12(3)24/h4-11,25H,1-3H3,(H,20,24)(H,22,26). The maximum absolute atomic E-state index is 11.2. The number of amides is 1. The fraction of sp³-hybridized carbons (Fsp3) is 0.211. The molecular weight excluding hydrogens is 348 g/mol. The van der Waals surface area contributed by atoms with Crippen LogP contribution in [-0.4, -0.2) is 25.8 Å². The molecule has 0 unspecified atom stereocenters. The van der Waals surface area contributed by atoms with E-state index in [1.807, 2.05) is 24.3 Å². The van der Waals surface area contributed by atoms with Crippen LogP contribution >= 0.6 is 12.2 Å². The van der Waals surface area contributed by atoms with Gasteiger partial charge in [-0.3, -0.25) is 14.5 Å². The number of aromatic amines is 1. The lowest BCUT2D eigenvalue weighted by molar-refractivity contribution is -0.114. The van der Waals surface area contributed by atoms with Gasteiger partial charge in [-0.1, -0.05) is 19.9 Å². The van der Waals surface area contributed by atoms with Crippen LogP contribution in [0.1, 0.15) is 32.3 Å². The van der Waals surface area contributed by atoms with Crippen LogP contribution in [0.4, 0.5) is 5.69 Å². The van der Waals surface area contributed by atoms with Crippen LogP contribution in [0, 0.1) is 4.77 Å². The number of hydrogen-bond donors (Lipinski definition) is 3. The molecule has 0 spiro atoms. The highest BCUT2D eigenvalue weighted by Crippen LogP contribution is 2.32. The van der Waals surface area contributed by atoms with Crippen LogP contribution < -0.4 is 5.32 Å². The second kappa shape index (κ2) is 7.13. The summed E-state index contributed by atoms with van der Waals surface area (Å²) < 4.78 is 2.17. The Morgan fingerprint density at radius 1 is 1.23 bits per heavy atom. The van der Waals surface area contributed by atoms with Crippen molar-refractivity contribution in [3.8, 4) is 22.8 Å². The molecule has 1 aromatic heterocycles. The average molecular weight is 368 g/mol. The van der Waals surface area contributed by atoms with E-state index in [1.54, 1.807) is 22.8 Å². The number of aromatic hydroxyl groups is 1. The first-order valence-electron chi connectivity index (χ1n) is 8.25. The molecule has 0 saturated heterocycles. The van der Waals surface area contributed by atoms with E-state index in [9.17, 15) is 9.90 Å². The van der Waals surface area contributed by atoms with Gasteiger partial charge in [0.05, 0.1) is 11.3 Å². The molecule has 1 amide bonds. The number of anilines is 1. The van der Waals surface area contributed by atoms with Crippen molar-refractivity contribution in [2.75, 3.05) is 5.32 Å². The molecule has 0 atom stereocenters. The van der Waals surface area contributed by atoms with E-state index >= 15 is 0 Å². The zero-order valence-corrected chi connectivity index (χ0v) is 15.6. The Morgan fingerprint density at radius 3 is 2.54 bits per heavy atom. The van der Waals surface area contributed by atoms with Gasteiger partial charge in [-0.05, 0) is 60.1 Å². The van der Waals surface area contributed by atoms with Crippen LogP contribution in [0.5, 0.6) is 5.75 Å². The predicted molar refractivity (Wildman–Crippen MR) is 104 cm³/mol. The van der Waals surface area contributed by atoms with Crippen molar-refractivity contribution in [1.82, 2.24) is 14.8 Å². The Labute approximate surface area is 156 Å². The number of phenols is 1. The maximum atomic E-state index is 11.2. The third-order valence-corrected chi connectivity index (χ3v) is 4.32. The number of carbonyl (C=O) groups excluding carboxylic acids is 1. The molecule has 26 heavy (non-hydrogen) atoms. The van der Waals surface area contributed by atoms with Crippen LogP contribution in [0.3, 0.4) is 0 Å². The minimum absolute atomic E-state index is 0.131. The fourth-order valence-corrected chi connectivity index (χ4v) is 2.94. The molecule has 0 bridgehead atoms. The first-order chi connectivity index (χ1) is 12.4. The van der Waals surface area contributed by atoms with E-state index in [0.717, 1.165) is 11.3 Å². The Hall–Kier alpha value is -2.93. The molecule has 2 aromatic carbocycles. The summed E-state index contributed by atoms with van der Waals surface area (Å²) >= 11 is 5.38. The van der Waals surface area contributed by atoms with Crippen molar-refractivity contribution in [2.45, 2.75) is 26.7 Å². The molecular formula is C19H20N4O2S. The van der Waals surface area contributed by atoms with Gasteiger partial charge in [0.1, 0.15) is 5.75 Å². The molecule has 134 valence electrons. The van der Waals surface area contributed by atoms with E-state index in [2.05, 4.69) is 29.4 Å². The van der Waals surface area contributed by atoms with E-state index < -0.39 is 0 Å². The summed E-state index contributed by atoms with van der Waals surface area (Å²) in [6, 6.07) is 12.8. The average Bonchev–Trinajstić information content (AvgIpc) is 2.96.